The second-order valence-corrected chi connectivity index (χ2v) is 7.49. The van der Waals surface area contributed by atoms with E-state index in [1.165, 1.54) is 6.42 Å². The summed E-state index contributed by atoms with van der Waals surface area (Å²) >= 11 is 0. The number of rotatable bonds is 3. The maximum Gasteiger partial charge on any atom is 0.140 e. The minimum atomic E-state index is 0.240. The van der Waals surface area contributed by atoms with Crippen molar-refractivity contribution in [2.75, 3.05) is 13.1 Å². The lowest BCUT2D eigenvalue weighted by Gasteiger charge is -2.56. The fraction of sp³-hybridized carbons (Fsp3) is 0.611. The van der Waals surface area contributed by atoms with E-state index in [-0.39, 0.29) is 5.54 Å². The van der Waals surface area contributed by atoms with E-state index in [9.17, 15) is 4.79 Å². The molecule has 2 heteroatoms. The summed E-state index contributed by atoms with van der Waals surface area (Å²) < 4.78 is 0. The zero-order valence-corrected chi connectivity index (χ0v) is 12.8. The van der Waals surface area contributed by atoms with Crippen LogP contribution in [0.1, 0.15) is 32.8 Å². The SMILES string of the molecule is CC(C)(C)N1CC2CC(C1)C2C(=O)Cc1ccccc1. The van der Waals surface area contributed by atoms with Crippen LogP contribution in [0.15, 0.2) is 30.3 Å². The third-order valence-corrected chi connectivity index (χ3v) is 5.07. The van der Waals surface area contributed by atoms with Crippen molar-refractivity contribution in [2.24, 2.45) is 17.8 Å². The van der Waals surface area contributed by atoms with Crippen LogP contribution in [-0.4, -0.2) is 29.3 Å². The Morgan fingerprint density at radius 1 is 1.15 bits per heavy atom. The van der Waals surface area contributed by atoms with Gasteiger partial charge in [-0.3, -0.25) is 9.69 Å². The molecule has 2 unspecified atom stereocenters. The Balaban J connectivity index is 1.62. The molecule has 3 aliphatic rings. The average molecular weight is 271 g/mol. The van der Waals surface area contributed by atoms with Crippen molar-refractivity contribution in [3.8, 4) is 0 Å². The molecule has 1 aromatic carbocycles. The van der Waals surface area contributed by atoms with Crippen molar-refractivity contribution < 1.29 is 4.79 Å². The Morgan fingerprint density at radius 2 is 1.75 bits per heavy atom. The molecule has 0 radical (unpaired) electrons. The van der Waals surface area contributed by atoms with Gasteiger partial charge >= 0.3 is 0 Å². The van der Waals surface area contributed by atoms with Crippen LogP contribution in [0.2, 0.25) is 0 Å². The van der Waals surface area contributed by atoms with Gasteiger partial charge in [0, 0.05) is 31.0 Å². The molecule has 0 N–H and O–H groups in total. The Bertz CT molecular complexity index is 476. The predicted molar refractivity (Wildman–Crippen MR) is 81.6 cm³/mol. The minimum Gasteiger partial charge on any atom is -0.299 e. The highest BCUT2D eigenvalue weighted by molar-refractivity contribution is 5.84. The zero-order valence-electron chi connectivity index (χ0n) is 12.8. The van der Waals surface area contributed by atoms with Gasteiger partial charge in [-0.25, -0.2) is 0 Å². The molecule has 2 heterocycles. The molecule has 2 bridgehead atoms. The summed E-state index contributed by atoms with van der Waals surface area (Å²) in [6.45, 7) is 9.03. The maximum atomic E-state index is 12.5. The number of carbonyl (C=O) groups is 1. The van der Waals surface area contributed by atoms with Crippen LogP contribution in [0.5, 0.6) is 0 Å². The summed E-state index contributed by atoms with van der Waals surface area (Å²) in [4.78, 5) is 15.1. The van der Waals surface area contributed by atoms with E-state index in [1.807, 2.05) is 18.2 Å². The molecule has 0 amide bonds. The molecule has 1 saturated carbocycles. The van der Waals surface area contributed by atoms with Gasteiger partial charge in [0.05, 0.1) is 0 Å². The molecule has 2 saturated heterocycles. The minimum absolute atomic E-state index is 0.240. The summed E-state index contributed by atoms with van der Waals surface area (Å²) in [5, 5.41) is 0. The van der Waals surface area contributed by atoms with Crippen LogP contribution in [0, 0.1) is 17.8 Å². The Labute approximate surface area is 122 Å². The number of fused-ring (bicyclic) bond motifs is 2. The van der Waals surface area contributed by atoms with Gasteiger partial charge in [-0.05, 0) is 44.6 Å². The van der Waals surface area contributed by atoms with Crippen LogP contribution in [0.25, 0.3) is 0 Å². The van der Waals surface area contributed by atoms with E-state index in [2.05, 4.69) is 37.8 Å². The first kappa shape index (κ1) is 13.8. The van der Waals surface area contributed by atoms with Crippen molar-refractivity contribution in [3.05, 3.63) is 35.9 Å². The monoisotopic (exact) mass is 271 g/mol. The molecule has 0 spiro atoms. The Morgan fingerprint density at radius 3 is 2.30 bits per heavy atom. The van der Waals surface area contributed by atoms with Crippen molar-refractivity contribution in [2.45, 2.75) is 39.2 Å². The van der Waals surface area contributed by atoms with E-state index in [1.54, 1.807) is 0 Å². The molecule has 1 aromatic rings. The number of carbonyl (C=O) groups excluding carboxylic acids is 1. The van der Waals surface area contributed by atoms with Crippen LogP contribution >= 0.6 is 0 Å². The van der Waals surface area contributed by atoms with E-state index < -0.39 is 0 Å². The van der Waals surface area contributed by atoms with Crippen molar-refractivity contribution in [3.63, 3.8) is 0 Å². The first-order valence-corrected chi connectivity index (χ1v) is 7.77. The van der Waals surface area contributed by atoms with Gasteiger partial charge in [-0.1, -0.05) is 30.3 Å². The average Bonchev–Trinajstić information content (AvgIpc) is 2.38. The largest absolute Gasteiger partial charge is 0.299 e. The van der Waals surface area contributed by atoms with E-state index in [4.69, 9.17) is 0 Å². The number of ketones is 1. The molecule has 4 rings (SSSR count). The lowest BCUT2D eigenvalue weighted by molar-refractivity contribution is -0.142. The molecule has 0 aromatic heterocycles. The molecule has 20 heavy (non-hydrogen) atoms. The fourth-order valence-corrected chi connectivity index (χ4v) is 3.88. The topological polar surface area (TPSA) is 20.3 Å². The van der Waals surface area contributed by atoms with Crippen LogP contribution < -0.4 is 0 Å². The Kier molecular flexibility index (Phi) is 3.45. The van der Waals surface area contributed by atoms with Crippen LogP contribution in [0.4, 0.5) is 0 Å². The summed E-state index contributed by atoms with van der Waals surface area (Å²) in [6, 6.07) is 10.2. The normalized spacial score (nSPS) is 29.9. The third-order valence-electron chi connectivity index (χ3n) is 5.07. The molecular formula is C18H25NO. The maximum absolute atomic E-state index is 12.5. The molecule has 2 nitrogen and oxygen atoms in total. The highest BCUT2D eigenvalue weighted by Gasteiger charge is 2.51. The molecular weight excluding hydrogens is 246 g/mol. The van der Waals surface area contributed by atoms with Crippen molar-refractivity contribution >= 4 is 5.78 Å². The predicted octanol–water partition coefficient (Wildman–Crippen LogP) is 3.16. The van der Waals surface area contributed by atoms with Gasteiger partial charge in [0.1, 0.15) is 5.78 Å². The second-order valence-electron chi connectivity index (χ2n) is 7.49. The van der Waals surface area contributed by atoms with Crippen molar-refractivity contribution in [1.82, 2.24) is 4.90 Å². The van der Waals surface area contributed by atoms with Gasteiger partial charge in [0.2, 0.25) is 0 Å². The zero-order chi connectivity index (χ0) is 14.3. The van der Waals surface area contributed by atoms with E-state index in [0.717, 1.165) is 18.7 Å². The molecule has 1 aliphatic carbocycles. The number of hydrogen-bond acceptors (Lipinski definition) is 2. The smallest absolute Gasteiger partial charge is 0.140 e. The lowest BCUT2D eigenvalue weighted by Crippen LogP contribution is -2.61. The summed E-state index contributed by atoms with van der Waals surface area (Å²) in [7, 11) is 0. The standard InChI is InChI=1S/C18H25NO/c1-18(2,3)19-11-14-10-15(12-19)17(14)16(20)9-13-7-5-4-6-8-13/h4-8,14-15,17H,9-12H2,1-3H3. The molecule has 3 fully saturated rings. The van der Waals surface area contributed by atoms with Gasteiger partial charge in [-0.15, -0.1) is 0 Å². The Hall–Kier alpha value is -1.15. The molecule has 2 aliphatic heterocycles. The van der Waals surface area contributed by atoms with Gasteiger partial charge in [0.25, 0.3) is 0 Å². The number of piperidine rings is 2. The van der Waals surface area contributed by atoms with Gasteiger partial charge in [-0.2, -0.15) is 0 Å². The fourth-order valence-electron chi connectivity index (χ4n) is 3.88. The number of Topliss-reactive ketones (excluding diaryl/α,β-unsaturated/α-hetero) is 1. The first-order valence-electron chi connectivity index (χ1n) is 7.77. The summed E-state index contributed by atoms with van der Waals surface area (Å²) in [5.74, 6) is 1.99. The molecule has 108 valence electrons. The lowest BCUT2D eigenvalue weighted by atomic mass is 9.59. The third kappa shape index (κ3) is 2.54. The van der Waals surface area contributed by atoms with Gasteiger partial charge < -0.3 is 0 Å². The number of hydrogen-bond donors (Lipinski definition) is 0. The van der Waals surface area contributed by atoms with E-state index in [0.29, 0.717) is 30.0 Å². The van der Waals surface area contributed by atoms with E-state index >= 15 is 0 Å². The number of benzene rings is 1. The highest BCUT2D eigenvalue weighted by Crippen LogP contribution is 2.47. The summed E-state index contributed by atoms with van der Waals surface area (Å²) in [5.41, 5.74) is 1.40. The van der Waals surface area contributed by atoms with Crippen LogP contribution in [-0.2, 0) is 11.2 Å². The summed E-state index contributed by atoms with van der Waals surface area (Å²) in [6.07, 6.45) is 1.88. The molecule has 2 atom stereocenters. The van der Waals surface area contributed by atoms with Crippen LogP contribution in [0.3, 0.4) is 0 Å². The van der Waals surface area contributed by atoms with Gasteiger partial charge in [0.15, 0.2) is 0 Å². The quantitative estimate of drug-likeness (QED) is 0.841. The second kappa shape index (κ2) is 5.00. The van der Waals surface area contributed by atoms with Crippen molar-refractivity contribution in [1.29, 1.82) is 0 Å². The first-order chi connectivity index (χ1) is 9.45. The number of nitrogens with zero attached hydrogens (tertiary/aromatic N) is 1. The highest BCUT2D eigenvalue weighted by atomic mass is 16.1.